The Hall–Kier alpha value is -2.99. The van der Waals surface area contributed by atoms with Crippen molar-refractivity contribution in [3.8, 4) is 17.7 Å². The third kappa shape index (κ3) is 6.51. The van der Waals surface area contributed by atoms with Crippen LogP contribution < -0.4 is 4.74 Å². The van der Waals surface area contributed by atoms with E-state index in [-0.39, 0.29) is 36.5 Å². The van der Waals surface area contributed by atoms with Gasteiger partial charge in [-0.2, -0.15) is 0 Å². The smallest absolute Gasteiger partial charge is 0.259 e. The molecule has 8 heteroatoms. The van der Waals surface area contributed by atoms with Gasteiger partial charge in [0.15, 0.2) is 0 Å². The lowest BCUT2D eigenvalue weighted by atomic mass is 10.00. The number of rotatable bonds is 6. The summed E-state index contributed by atoms with van der Waals surface area (Å²) in [6.07, 6.45) is 2.30. The molecule has 1 aliphatic heterocycles. The molecule has 1 aliphatic rings. The van der Waals surface area contributed by atoms with Crippen LogP contribution in [0.3, 0.4) is 0 Å². The average Bonchev–Trinajstić information content (AvgIpc) is 2.80. The fraction of sp³-hybridized carbons (Fsp3) is 0.480. The summed E-state index contributed by atoms with van der Waals surface area (Å²) in [5, 5.41) is 19.2. The van der Waals surface area contributed by atoms with Gasteiger partial charge in [-0.1, -0.05) is 24.8 Å². The van der Waals surface area contributed by atoms with Crippen molar-refractivity contribution in [3.63, 3.8) is 0 Å². The number of hydrogen-bond donors (Lipinski definition) is 2. The van der Waals surface area contributed by atoms with Crippen molar-refractivity contribution in [3.05, 3.63) is 53.5 Å². The van der Waals surface area contributed by atoms with Crippen LogP contribution in [-0.4, -0.2) is 80.9 Å². The minimum Gasteiger partial charge on any atom is -0.472 e. The summed E-state index contributed by atoms with van der Waals surface area (Å²) in [7, 11) is 2.01. The van der Waals surface area contributed by atoms with E-state index >= 15 is 0 Å². The molecule has 0 aromatic carbocycles. The molecule has 0 radical (unpaired) electrons. The highest BCUT2D eigenvalue weighted by molar-refractivity contribution is 5.97. The summed E-state index contributed by atoms with van der Waals surface area (Å²) < 4.78 is 6.29. The molecule has 3 rings (SSSR count). The molecule has 0 saturated carbocycles. The number of hydrogen-bond acceptors (Lipinski definition) is 7. The second kappa shape index (κ2) is 11.2. The van der Waals surface area contributed by atoms with E-state index in [2.05, 4.69) is 26.7 Å². The molecule has 0 fully saturated rings. The Morgan fingerprint density at radius 1 is 1.33 bits per heavy atom. The summed E-state index contributed by atoms with van der Waals surface area (Å²) in [5.74, 6) is 5.50. The largest absolute Gasteiger partial charge is 0.472 e. The first-order valence-electron chi connectivity index (χ1n) is 11.1. The predicted octanol–water partition coefficient (Wildman–Crippen LogP) is 1.56. The molecule has 2 aromatic heterocycles. The number of ether oxygens (including phenoxy) is 1. The Morgan fingerprint density at radius 2 is 2.12 bits per heavy atom. The van der Waals surface area contributed by atoms with Gasteiger partial charge in [-0.3, -0.25) is 14.7 Å². The minimum absolute atomic E-state index is 0.00112. The lowest BCUT2D eigenvalue weighted by Crippen LogP contribution is -2.49. The molecule has 4 atom stereocenters. The summed E-state index contributed by atoms with van der Waals surface area (Å²) in [6.45, 7) is 6.99. The highest BCUT2D eigenvalue weighted by atomic mass is 16.5. The second-order valence-corrected chi connectivity index (χ2v) is 8.66. The Balaban J connectivity index is 1.91. The Bertz CT molecular complexity index is 1000. The van der Waals surface area contributed by atoms with Crippen LogP contribution in [0.5, 0.6) is 5.88 Å². The molecule has 176 valence electrons. The molecule has 1 amide bonds. The molecule has 0 saturated heterocycles. The maximum absolute atomic E-state index is 13.4. The van der Waals surface area contributed by atoms with Crippen molar-refractivity contribution < 1.29 is 19.7 Å². The molecule has 0 unspecified atom stereocenters. The number of aromatic nitrogens is 2. The normalized spacial score (nSPS) is 20.1. The highest BCUT2D eigenvalue weighted by Crippen LogP contribution is 2.27. The van der Waals surface area contributed by atoms with Crippen LogP contribution in [-0.2, 0) is 6.54 Å². The van der Waals surface area contributed by atoms with Crippen molar-refractivity contribution in [1.82, 2.24) is 19.8 Å². The number of nitrogens with zero attached hydrogens (tertiary/aromatic N) is 4. The molecule has 2 aromatic rings. The van der Waals surface area contributed by atoms with Gasteiger partial charge in [-0.25, -0.2) is 4.98 Å². The molecule has 2 N–H and O–H groups in total. The van der Waals surface area contributed by atoms with Gasteiger partial charge >= 0.3 is 0 Å². The number of carbonyl (C=O) groups excluding carboxylic acids is 1. The fourth-order valence-corrected chi connectivity index (χ4v) is 3.72. The third-order valence-electron chi connectivity index (χ3n) is 5.60. The van der Waals surface area contributed by atoms with Crippen molar-refractivity contribution in [1.29, 1.82) is 0 Å². The van der Waals surface area contributed by atoms with Gasteiger partial charge in [0.25, 0.3) is 5.91 Å². The summed E-state index contributed by atoms with van der Waals surface area (Å²) in [6, 6.07) is 7.12. The Labute approximate surface area is 195 Å². The van der Waals surface area contributed by atoms with E-state index in [1.54, 1.807) is 30.3 Å². The first kappa shape index (κ1) is 24.6. The fourth-order valence-electron chi connectivity index (χ4n) is 3.72. The van der Waals surface area contributed by atoms with E-state index in [1.165, 1.54) is 0 Å². The molecule has 0 spiro atoms. The number of aliphatic hydroxyl groups excluding tert-OH is 2. The van der Waals surface area contributed by atoms with Gasteiger partial charge in [-0.15, -0.1) is 0 Å². The number of pyridine rings is 2. The van der Waals surface area contributed by atoms with Crippen LogP contribution in [0.1, 0.15) is 42.4 Å². The molecule has 8 nitrogen and oxygen atoms in total. The molecule has 3 heterocycles. The standard InChI is InChI=1S/C25H32N4O4/c1-17-13-29(18(2)16-30)25(32)22-11-20(9-8-19(3)31)12-27-24(22)33-23(17)15-28(4)14-21-7-5-6-10-26-21/h5-7,10-12,17-19,23,30-31H,13-16H2,1-4H3/t17-,18-,19-,23-/m1/s1. The van der Waals surface area contributed by atoms with Crippen molar-refractivity contribution in [2.45, 2.75) is 45.6 Å². The Morgan fingerprint density at radius 3 is 2.79 bits per heavy atom. The van der Waals surface area contributed by atoms with Crippen LogP contribution in [0.2, 0.25) is 0 Å². The molecule has 0 bridgehead atoms. The highest BCUT2D eigenvalue weighted by Gasteiger charge is 2.34. The third-order valence-corrected chi connectivity index (χ3v) is 5.60. The summed E-state index contributed by atoms with van der Waals surface area (Å²) in [4.78, 5) is 26.0. The van der Waals surface area contributed by atoms with Crippen LogP contribution in [0.4, 0.5) is 0 Å². The van der Waals surface area contributed by atoms with E-state index in [0.717, 1.165) is 5.69 Å². The zero-order valence-electron chi connectivity index (χ0n) is 19.6. The monoisotopic (exact) mass is 452 g/mol. The number of fused-ring (bicyclic) bond motifs is 1. The van der Waals surface area contributed by atoms with Gasteiger partial charge in [0.1, 0.15) is 17.8 Å². The van der Waals surface area contributed by atoms with Gasteiger partial charge in [0.05, 0.1) is 18.3 Å². The van der Waals surface area contributed by atoms with Crippen LogP contribution in [0, 0.1) is 17.8 Å². The van der Waals surface area contributed by atoms with Crippen LogP contribution in [0.15, 0.2) is 36.7 Å². The summed E-state index contributed by atoms with van der Waals surface area (Å²) in [5.41, 5.74) is 1.78. The zero-order valence-corrected chi connectivity index (χ0v) is 19.6. The van der Waals surface area contributed by atoms with E-state index in [9.17, 15) is 15.0 Å². The molecule has 33 heavy (non-hydrogen) atoms. The minimum atomic E-state index is -0.787. The zero-order chi connectivity index (χ0) is 24.0. The Kier molecular flexibility index (Phi) is 8.39. The topological polar surface area (TPSA) is 99.0 Å². The summed E-state index contributed by atoms with van der Waals surface area (Å²) >= 11 is 0. The van der Waals surface area contributed by atoms with Gasteiger partial charge in [-0.05, 0) is 39.1 Å². The predicted molar refractivity (Wildman–Crippen MR) is 125 cm³/mol. The molecule has 0 aliphatic carbocycles. The molecular weight excluding hydrogens is 420 g/mol. The van der Waals surface area contributed by atoms with E-state index < -0.39 is 6.10 Å². The number of likely N-dealkylation sites (N-methyl/N-ethyl adjacent to an activating group) is 1. The van der Waals surface area contributed by atoms with E-state index in [4.69, 9.17) is 4.74 Å². The quantitative estimate of drug-likeness (QED) is 0.642. The van der Waals surface area contributed by atoms with Crippen molar-refractivity contribution >= 4 is 5.91 Å². The SMILES string of the molecule is C[C@@H]1CN([C@H](C)CO)C(=O)c2cc(C#C[C@@H](C)O)cnc2O[C@@H]1CN(C)Cc1ccccn1. The second-order valence-electron chi connectivity index (χ2n) is 8.66. The van der Waals surface area contributed by atoms with Crippen LogP contribution in [0.25, 0.3) is 0 Å². The lowest BCUT2D eigenvalue weighted by Gasteiger charge is -2.37. The number of aliphatic hydroxyl groups is 2. The first-order chi connectivity index (χ1) is 15.8. The van der Waals surface area contributed by atoms with E-state index in [1.807, 2.05) is 39.1 Å². The van der Waals surface area contributed by atoms with Crippen LogP contribution >= 0.6 is 0 Å². The average molecular weight is 453 g/mol. The first-order valence-corrected chi connectivity index (χ1v) is 11.1. The number of carbonyl (C=O) groups is 1. The van der Waals surface area contributed by atoms with Gasteiger partial charge in [0.2, 0.25) is 5.88 Å². The van der Waals surface area contributed by atoms with Gasteiger partial charge in [0, 0.05) is 43.5 Å². The van der Waals surface area contributed by atoms with Gasteiger partial charge < -0.3 is 19.8 Å². The van der Waals surface area contributed by atoms with Crippen molar-refractivity contribution in [2.24, 2.45) is 5.92 Å². The van der Waals surface area contributed by atoms with E-state index in [0.29, 0.717) is 30.8 Å². The lowest BCUT2D eigenvalue weighted by molar-refractivity contribution is 0.0324. The maximum Gasteiger partial charge on any atom is 0.259 e. The maximum atomic E-state index is 13.4. The molecular formula is C25H32N4O4. The van der Waals surface area contributed by atoms with Crippen molar-refractivity contribution in [2.75, 3.05) is 26.7 Å². The number of amides is 1.